The lowest BCUT2D eigenvalue weighted by Crippen LogP contribution is -2.15. The van der Waals surface area contributed by atoms with Crippen molar-refractivity contribution in [1.29, 1.82) is 0 Å². The van der Waals surface area contributed by atoms with Crippen molar-refractivity contribution < 1.29 is 28.2 Å². The van der Waals surface area contributed by atoms with Crippen LogP contribution in [-0.2, 0) is 4.79 Å². The Morgan fingerprint density at radius 2 is 1.85 bits per heavy atom. The third-order valence-corrected chi connectivity index (χ3v) is 3.80. The average molecular weight is 359 g/mol. The minimum Gasteiger partial charge on any atom is -0.494 e. The molecule has 0 saturated carbocycles. The average Bonchev–Trinajstić information content (AvgIpc) is 3.07. The Morgan fingerprint density at radius 3 is 2.54 bits per heavy atom. The number of halogens is 1. The van der Waals surface area contributed by atoms with Gasteiger partial charge in [0.2, 0.25) is 12.7 Å². The highest BCUT2D eigenvalue weighted by atomic mass is 19.1. The molecule has 0 atom stereocenters. The number of carbonyl (C=O) groups excluding carboxylic acids is 2. The molecule has 0 unspecified atom stereocenters. The number of nitrogens with one attached hydrogen (secondary N) is 1. The first-order valence-electron chi connectivity index (χ1n) is 8.16. The minimum absolute atomic E-state index is 0.0881. The van der Waals surface area contributed by atoms with Crippen molar-refractivity contribution in [3.8, 4) is 17.2 Å². The van der Waals surface area contributed by atoms with Gasteiger partial charge in [-0.05, 0) is 43.7 Å². The molecule has 0 spiro atoms. The van der Waals surface area contributed by atoms with E-state index >= 15 is 0 Å². The van der Waals surface area contributed by atoms with Crippen LogP contribution in [0.15, 0.2) is 36.4 Å². The van der Waals surface area contributed by atoms with Crippen LogP contribution in [0.1, 0.15) is 30.1 Å². The van der Waals surface area contributed by atoms with Crippen LogP contribution in [0.2, 0.25) is 0 Å². The van der Waals surface area contributed by atoms with E-state index in [1.807, 2.05) is 0 Å². The Morgan fingerprint density at radius 1 is 1.15 bits per heavy atom. The number of hydrogen-bond acceptors (Lipinski definition) is 5. The first-order chi connectivity index (χ1) is 12.5. The number of anilines is 1. The van der Waals surface area contributed by atoms with Gasteiger partial charge in [-0.25, -0.2) is 4.39 Å². The fourth-order valence-corrected chi connectivity index (χ4v) is 2.50. The van der Waals surface area contributed by atoms with E-state index < -0.39 is 0 Å². The van der Waals surface area contributed by atoms with Crippen molar-refractivity contribution in [1.82, 2.24) is 0 Å². The summed E-state index contributed by atoms with van der Waals surface area (Å²) in [5, 5.41) is 2.73. The lowest BCUT2D eigenvalue weighted by molar-refractivity contribution is -0.116. The molecule has 1 aliphatic rings. The molecule has 26 heavy (non-hydrogen) atoms. The second-order valence-corrected chi connectivity index (χ2v) is 5.76. The van der Waals surface area contributed by atoms with E-state index in [9.17, 15) is 14.0 Å². The Balaban J connectivity index is 1.53. The van der Waals surface area contributed by atoms with Gasteiger partial charge in [-0.1, -0.05) is 0 Å². The lowest BCUT2D eigenvalue weighted by Gasteiger charge is -2.11. The molecule has 0 fully saturated rings. The van der Waals surface area contributed by atoms with Crippen molar-refractivity contribution in [2.75, 3.05) is 18.7 Å². The third-order valence-electron chi connectivity index (χ3n) is 3.80. The quantitative estimate of drug-likeness (QED) is 0.604. The van der Waals surface area contributed by atoms with E-state index in [0.717, 1.165) is 0 Å². The zero-order valence-corrected chi connectivity index (χ0v) is 14.2. The third kappa shape index (κ3) is 4.30. The number of carbonyl (C=O) groups is 2. The van der Waals surface area contributed by atoms with Gasteiger partial charge >= 0.3 is 0 Å². The van der Waals surface area contributed by atoms with Crippen LogP contribution in [0.3, 0.4) is 0 Å². The van der Waals surface area contributed by atoms with Crippen molar-refractivity contribution in [3.05, 3.63) is 47.8 Å². The molecule has 0 saturated heterocycles. The Bertz CT molecular complexity index is 819. The number of amides is 1. The summed E-state index contributed by atoms with van der Waals surface area (Å²) in [6.45, 7) is 1.83. The normalized spacial score (nSPS) is 11.9. The summed E-state index contributed by atoms with van der Waals surface area (Å²) in [6.07, 6.45) is 0.691. The van der Waals surface area contributed by atoms with Crippen LogP contribution in [-0.4, -0.2) is 25.1 Å². The second kappa shape index (κ2) is 7.86. The maximum atomic E-state index is 12.8. The summed E-state index contributed by atoms with van der Waals surface area (Å²) in [5.74, 6) is 0.765. The molecule has 0 bridgehead atoms. The van der Waals surface area contributed by atoms with Crippen LogP contribution < -0.4 is 19.5 Å². The van der Waals surface area contributed by atoms with Crippen LogP contribution in [0.5, 0.6) is 17.2 Å². The highest BCUT2D eigenvalue weighted by Crippen LogP contribution is 2.37. The van der Waals surface area contributed by atoms with Gasteiger partial charge in [-0.2, -0.15) is 0 Å². The van der Waals surface area contributed by atoms with E-state index in [0.29, 0.717) is 41.5 Å². The van der Waals surface area contributed by atoms with Crippen LogP contribution in [0, 0.1) is 5.82 Å². The van der Waals surface area contributed by atoms with Gasteiger partial charge in [0.25, 0.3) is 0 Å². The molecular weight excluding hydrogens is 341 g/mol. The molecule has 2 aromatic carbocycles. The smallest absolute Gasteiger partial charge is 0.231 e. The standard InChI is InChI=1S/C19H18FNO5/c1-12(22)15-9-17-18(26-11-25-17)10-16(15)21-19(23)3-2-8-24-14-6-4-13(20)5-7-14/h4-7,9-10H,2-3,8,11H2,1H3,(H,21,23). The summed E-state index contributed by atoms with van der Waals surface area (Å²) in [6, 6.07) is 8.84. The maximum Gasteiger partial charge on any atom is 0.231 e. The Labute approximate surface area is 149 Å². The molecular formula is C19H18FNO5. The van der Waals surface area contributed by atoms with Crippen LogP contribution >= 0.6 is 0 Å². The molecule has 1 aliphatic heterocycles. The van der Waals surface area contributed by atoms with Gasteiger partial charge in [0.15, 0.2) is 17.3 Å². The van der Waals surface area contributed by atoms with E-state index in [-0.39, 0.29) is 30.7 Å². The van der Waals surface area contributed by atoms with Gasteiger partial charge < -0.3 is 19.5 Å². The van der Waals surface area contributed by atoms with Gasteiger partial charge in [-0.3, -0.25) is 9.59 Å². The van der Waals surface area contributed by atoms with Gasteiger partial charge in [0, 0.05) is 18.1 Å². The molecule has 6 nitrogen and oxygen atoms in total. The predicted octanol–water partition coefficient (Wildman–Crippen LogP) is 3.55. The van der Waals surface area contributed by atoms with E-state index in [4.69, 9.17) is 14.2 Å². The Kier molecular flexibility index (Phi) is 5.36. The molecule has 1 heterocycles. The number of rotatable bonds is 7. The molecule has 0 aromatic heterocycles. The first-order valence-corrected chi connectivity index (χ1v) is 8.16. The molecule has 136 valence electrons. The lowest BCUT2D eigenvalue weighted by atomic mass is 10.1. The summed E-state index contributed by atoms with van der Waals surface area (Å²) >= 11 is 0. The number of benzene rings is 2. The van der Waals surface area contributed by atoms with Crippen LogP contribution in [0.4, 0.5) is 10.1 Å². The largest absolute Gasteiger partial charge is 0.494 e. The summed E-state index contributed by atoms with van der Waals surface area (Å²) in [5.41, 5.74) is 0.761. The van der Waals surface area contributed by atoms with Gasteiger partial charge in [-0.15, -0.1) is 0 Å². The molecule has 2 aromatic rings. The van der Waals surface area contributed by atoms with Crippen molar-refractivity contribution in [2.24, 2.45) is 0 Å². The zero-order chi connectivity index (χ0) is 18.5. The first kappa shape index (κ1) is 17.7. The molecule has 3 rings (SSSR count). The van der Waals surface area contributed by atoms with Gasteiger partial charge in [0.05, 0.1) is 12.3 Å². The van der Waals surface area contributed by atoms with E-state index in [2.05, 4.69) is 5.32 Å². The van der Waals surface area contributed by atoms with E-state index in [1.54, 1.807) is 12.1 Å². The number of ether oxygens (including phenoxy) is 3. The SMILES string of the molecule is CC(=O)c1cc2c(cc1NC(=O)CCCOc1ccc(F)cc1)OCO2. The van der Waals surface area contributed by atoms with Crippen molar-refractivity contribution in [2.45, 2.75) is 19.8 Å². The molecule has 1 N–H and O–H groups in total. The zero-order valence-electron chi connectivity index (χ0n) is 14.2. The summed E-state index contributed by atoms with van der Waals surface area (Å²) in [4.78, 5) is 23.9. The van der Waals surface area contributed by atoms with Crippen LogP contribution in [0.25, 0.3) is 0 Å². The molecule has 7 heteroatoms. The predicted molar refractivity (Wildman–Crippen MR) is 92.3 cm³/mol. The highest BCUT2D eigenvalue weighted by Gasteiger charge is 2.20. The minimum atomic E-state index is -0.332. The molecule has 1 amide bonds. The second-order valence-electron chi connectivity index (χ2n) is 5.76. The molecule has 0 aliphatic carbocycles. The van der Waals surface area contributed by atoms with Crippen molar-refractivity contribution in [3.63, 3.8) is 0 Å². The monoisotopic (exact) mass is 359 g/mol. The summed E-state index contributed by atoms with van der Waals surface area (Å²) in [7, 11) is 0. The van der Waals surface area contributed by atoms with Gasteiger partial charge in [0.1, 0.15) is 11.6 Å². The fourth-order valence-electron chi connectivity index (χ4n) is 2.50. The highest BCUT2D eigenvalue weighted by molar-refractivity contribution is 6.04. The van der Waals surface area contributed by atoms with Crippen molar-refractivity contribution >= 4 is 17.4 Å². The number of Topliss-reactive ketones (excluding diaryl/α,β-unsaturated/α-hetero) is 1. The number of ketones is 1. The molecule has 0 radical (unpaired) electrons. The maximum absolute atomic E-state index is 12.8. The Hall–Kier alpha value is -3.09. The topological polar surface area (TPSA) is 73.9 Å². The van der Waals surface area contributed by atoms with E-state index in [1.165, 1.54) is 31.2 Å². The number of fused-ring (bicyclic) bond motifs is 1. The summed E-state index contributed by atoms with van der Waals surface area (Å²) < 4.78 is 28.8. The number of hydrogen-bond donors (Lipinski definition) is 1. The fraction of sp³-hybridized carbons (Fsp3) is 0.263.